The van der Waals surface area contributed by atoms with Crippen molar-refractivity contribution in [1.29, 1.82) is 0 Å². The molecule has 150 valence electrons. The van der Waals surface area contributed by atoms with Gasteiger partial charge in [-0.1, -0.05) is 24.3 Å². The van der Waals surface area contributed by atoms with Crippen molar-refractivity contribution < 1.29 is 27.5 Å². The summed E-state index contributed by atoms with van der Waals surface area (Å²) in [6.07, 6.45) is 1.59. The second kappa shape index (κ2) is 9.75. The van der Waals surface area contributed by atoms with Crippen LogP contribution < -0.4 is 14.8 Å². The van der Waals surface area contributed by atoms with E-state index in [0.717, 1.165) is 17.6 Å². The number of nitrogens with one attached hydrogen (secondary N) is 2. The van der Waals surface area contributed by atoms with E-state index >= 15 is 0 Å². The molecule has 1 amide bonds. The third-order valence-electron chi connectivity index (χ3n) is 3.67. The first-order valence-corrected chi connectivity index (χ1v) is 10.3. The molecule has 0 saturated carbocycles. The Balaban J connectivity index is 1.81. The lowest BCUT2D eigenvalue weighted by Gasteiger charge is -2.10. The van der Waals surface area contributed by atoms with Crippen LogP contribution in [0.4, 0.5) is 5.69 Å². The molecule has 2 aromatic carbocycles. The Morgan fingerprint density at radius 2 is 1.71 bits per heavy atom. The minimum Gasteiger partial charge on any atom is -0.497 e. The first kappa shape index (κ1) is 21.2. The van der Waals surface area contributed by atoms with E-state index in [4.69, 9.17) is 9.47 Å². The topological polar surface area (TPSA) is 111 Å². The minimum absolute atomic E-state index is 0.0268. The number of carbonyl (C=O) groups is 2. The molecule has 0 aliphatic rings. The molecule has 0 spiro atoms. The Morgan fingerprint density at radius 1 is 1.04 bits per heavy atom. The molecule has 0 unspecified atom stereocenters. The standard InChI is InChI=1S/C19H22N2O6S/c1-26-15-9-7-14(8-10-15)11-12-20-18(22)13-27-19(23)16-5-3-4-6-17(16)21-28(2,24)25/h3-10,21H,11-13H2,1-2H3,(H,20,22). The number of anilines is 1. The van der Waals surface area contributed by atoms with Crippen molar-refractivity contribution >= 4 is 27.6 Å². The fourth-order valence-corrected chi connectivity index (χ4v) is 2.93. The Bertz CT molecular complexity index is 926. The molecule has 0 aliphatic carbocycles. The number of sulfonamides is 1. The number of ether oxygens (including phenoxy) is 2. The van der Waals surface area contributed by atoms with E-state index in [1.54, 1.807) is 19.2 Å². The summed E-state index contributed by atoms with van der Waals surface area (Å²) in [5.41, 5.74) is 1.15. The van der Waals surface area contributed by atoms with Gasteiger partial charge < -0.3 is 14.8 Å². The minimum atomic E-state index is -3.55. The second-order valence-corrected chi connectivity index (χ2v) is 7.69. The number of benzene rings is 2. The summed E-state index contributed by atoms with van der Waals surface area (Å²) in [5, 5.41) is 2.66. The largest absolute Gasteiger partial charge is 0.497 e. The average Bonchev–Trinajstić information content (AvgIpc) is 2.66. The smallest absolute Gasteiger partial charge is 0.340 e. The summed E-state index contributed by atoms with van der Waals surface area (Å²) in [4.78, 5) is 24.0. The van der Waals surface area contributed by atoms with Crippen molar-refractivity contribution in [2.45, 2.75) is 6.42 Å². The molecule has 2 rings (SSSR count). The highest BCUT2D eigenvalue weighted by atomic mass is 32.2. The molecule has 0 bridgehead atoms. The van der Waals surface area contributed by atoms with Crippen molar-refractivity contribution in [2.75, 3.05) is 31.2 Å². The summed E-state index contributed by atoms with van der Waals surface area (Å²) in [5.74, 6) is -0.488. The third kappa shape index (κ3) is 6.92. The molecule has 0 radical (unpaired) electrons. The van der Waals surface area contributed by atoms with E-state index in [1.807, 2.05) is 24.3 Å². The summed E-state index contributed by atoms with van der Waals surface area (Å²) in [6, 6.07) is 13.5. The molecule has 0 saturated heterocycles. The van der Waals surface area contributed by atoms with Gasteiger partial charge in [-0.05, 0) is 36.2 Å². The Kier molecular flexibility index (Phi) is 7.39. The molecule has 0 aliphatic heterocycles. The fourth-order valence-electron chi connectivity index (χ4n) is 2.35. The van der Waals surface area contributed by atoms with Crippen LogP contribution in [-0.2, 0) is 26.0 Å². The van der Waals surface area contributed by atoms with E-state index in [9.17, 15) is 18.0 Å². The van der Waals surface area contributed by atoms with Crippen molar-refractivity contribution in [2.24, 2.45) is 0 Å². The van der Waals surface area contributed by atoms with Gasteiger partial charge >= 0.3 is 5.97 Å². The fraction of sp³-hybridized carbons (Fsp3) is 0.263. The van der Waals surface area contributed by atoms with Gasteiger partial charge in [0.2, 0.25) is 10.0 Å². The molecule has 2 aromatic rings. The van der Waals surface area contributed by atoms with Crippen LogP contribution in [0.5, 0.6) is 5.75 Å². The third-order valence-corrected chi connectivity index (χ3v) is 4.26. The van der Waals surface area contributed by atoms with Gasteiger partial charge in [-0.3, -0.25) is 9.52 Å². The van der Waals surface area contributed by atoms with Crippen LogP contribution in [0.15, 0.2) is 48.5 Å². The number of esters is 1. The van der Waals surface area contributed by atoms with Crippen LogP contribution >= 0.6 is 0 Å². The monoisotopic (exact) mass is 406 g/mol. The molecular weight excluding hydrogens is 384 g/mol. The van der Waals surface area contributed by atoms with Crippen molar-refractivity contribution in [3.63, 3.8) is 0 Å². The summed E-state index contributed by atoms with van der Waals surface area (Å²) >= 11 is 0. The molecule has 9 heteroatoms. The molecule has 0 atom stereocenters. The summed E-state index contributed by atoms with van der Waals surface area (Å²) in [6.45, 7) is -0.0798. The van der Waals surface area contributed by atoms with Crippen LogP contribution in [0.25, 0.3) is 0 Å². The van der Waals surface area contributed by atoms with Crippen molar-refractivity contribution in [3.8, 4) is 5.75 Å². The SMILES string of the molecule is COc1ccc(CCNC(=O)COC(=O)c2ccccc2NS(C)(=O)=O)cc1. The van der Waals surface area contributed by atoms with Gasteiger partial charge in [0.15, 0.2) is 6.61 Å². The lowest BCUT2D eigenvalue weighted by atomic mass is 10.1. The molecule has 28 heavy (non-hydrogen) atoms. The second-order valence-electron chi connectivity index (χ2n) is 5.94. The zero-order valence-corrected chi connectivity index (χ0v) is 16.4. The maximum Gasteiger partial charge on any atom is 0.340 e. The number of methoxy groups -OCH3 is 1. The van der Waals surface area contributed by atoms with Crippen molar-refractivity contribution in [3.05, 3.63) is 59.7 Å². The van der Waals surface area contributed by atoms with Gasteiger partial charge in [-0.2, -0.15) is 0 Å². The number of rotatable bonds is 9. The van der Waals surface area contributed by atoms with Crippen LogP contribution in [0.2, 0.25) is 0 Å². The van der Waals surface area contributed by atoms with Crippen LogP contribution in [0.3, 0.4) is 0 Å². The highest BCUT2D eigenvalue weighted by Gasteiger charge is 2.16. The first-order chi connectivity index (χ1) is 13.3. The molecule has 0 fully saturated rings. The van der Waals surface area contributed by atoms with Crippen LogP contribution in [0, 0.1) is 0 Å². The van der Waals surface area contributed by atoms with E-state index in [2.05, 4.69) is 10.0 Å². The molecule has 0 heterocycles. The molecular formula is C19H22N2O6S. The van der Waals surface area contributed by atoms with Crippen LogP contribution in [0.1, 0.15) is 15.9 Å². The predicted molar refractivity (Wildman–Crippen MR) is 105 cm³/mol. The number of hydrogen-bond acceptors (Lipinski definition) is 6. The highest BCUT2D eigenvalue weighted by Crippen LogP contribution is 2.17. The molecule has 0 aromatic heterocycles. The van der Waals surface area contributed by atoms with E-state index in [1.165, 1.54) is 12.1 Å². The van der Waals surface area contributed by atoms with E-state index in [0.29, 0.717) is 13.0 Å². The maximum atomic E-state index is 12.2. The summed E-state index contributed by atoms with van der Waals surface area (Å²) < 4.78 is 35.1. The maximum absolute atomic E-state index is 12.2. The number of amides is 1. The lowest BCUT2D eigenvalue weighted by molar-refractivity contribution is -0.124. The molecule has 8 nitrogen and oxygen atoms in total. The quantitative estimate of drug-likeness (QED) is 0.612. The number of carbonyl (C=O) groups excluding carboxylic acids is 2. The predicted octanol–water partition coefficient (Wildman–Crippen LogP) is 1.58. The Labute approximate surface area is 163 Å². The number of para-hydroxylation sites is 1. The highest BCUT2D eigenvalue weighted by molar-refractivity contribution is 7.92. The lowest BCUT2D eigenvalue weighted by Crippen LogP contribution is -2.30. The van der Waals surface area contributed by atoms with E-state index < -0.39 is 28.5 Å². The normalized spacial score (nSPS) is 10.8. The van der Waals surface area contributed by atoms with Gasteiger partial charge in [-0.15, -0.1) is 0 Å². The zero-order chi connectivity index (χ0) is 20.6. The Hall–Kier alpha value is -3.07. The average molecular weight is 406 g/mol. The summed E-state index contributed by atoms with van der Waals surface area (Å²) in [7, 11) is -1.96. The van der Waals surface area contributed by atoms with Crippen molar-refractivity contribution in [1.82, 2.24) is 5.32 Å². The van der Waals surface area contributed by atoms with Gasteiger partial charge in [0, 0.05) is 6.54 Å². The number of hydrogen-bond donors (Lipinski definition) is 2. The van der Waals surface area contributed by atoms with Gasteiger partial charge in [0.1, 0.15) is 5.75 Å². The Morgan fingerprint density at radius 3 is 2.36 bits per heavy atom. The van der Waals surface area contributed by atoms with Gasteiger partial charge in [-0.25, -0.2) is 13.2 Å². The van der Waals surface area contributed by atoms with Crippen LogP contribution in [-0.4, -0.2) is 46.8 Å². The van der Waals surface area contributed by atoms with Gasteiger partial charge in [0.05, 0.1) is 24.6 Å². The van der Waals surface area contributed by atoms with Gasteiger partial charge in [0.25, 0.3) is 5.91 Å². The first-order valence-electron chi connectivity index (χ1n) is 8.42. The molecule has 2 N–H and O–H groups in total. The zero-order valence-electron chi connectivity index (χ0n) is 15.6. The van der Waals surface area contributed by atoms with E-state index in [-0.39, 0.29) is 11.3 Å².